The van der Waals surface area contributed by atoms with Gasteiger partial charge in [-0.15, -0.1) is 4.72 Å². The molecule has 1 unspecified atom stereocenters. The molecule has 162 valence electrons. The Bertz CT molecular complexity index is 926. The lowest BCUT2D eigenvalue weighted by molar-refractivity contribution is -0.385. The Morgan fingerprint density at radius 2 is 1.83 bits per heavy atom. The molecular weight excluding hydrogens is 421 g/mol. The second kappa shape index (κ2) is 8.55. The van der Waals surface area contributed by atoms with E-state index in [1.54, 1.807) is 26.8 Å². The molecule has 29 heavy (non-hydrogen) atoms. The van der Waals surface area contributed by atoms with Gasteiger partial charge in [0.1, 0.15) is 16.1 Å². The van der Waals surface area contributed by atoms with Gasteiger partial charge in [-0.25, -0.2) is 12.8 Å². The monoisotopic (exact) mass is 447 g/mol. The van der Waals surface area contributed by atoms with Crippen LogP contribution in [0.5, 0.6) is 0 Å². The number of hydrogen-bond donors (Lipinski definition) is 1. The highest BCUT2D eigenvalue weighted by Crippen LogP contribution is 2.34. The molecule has 1 N–H and O–H groups in total. The van der Waals surface area contributed by atoms with Gasteiger partial charge in [0.15, 0.2) is 14.6 Å². The zero-order valence-electron chi connectivity index (χ0n) is 17.3. The van der Waals surface area contributed by atoms with Crippen LogP contribution < -0.4 is 4.72 Å². The molecule has 1 aromatic carbocycles. The van der Waals surface area contributed by atoms with Crippen molar-refractivity contribution < 1.29 is 22.3 Å². The number of sulfone groups is 1. The van der Waals surface area contributed by atoms with Crippen molar-refractivity contribution in [3.8, 4) is 6.07 Å². The largest absolute Gasteiger partial charge is 0.598 e. The van der Waals surface area contributed by atoms with E-state index >= 15 is 0 Å². The Labute approximate surface area is 173 Å². The van der Waals surface area contributed by atoms with Crippen LogP contribution in [0.1, 0.15) is 53.5 Å². The van der Waals surface area contributed by atoms with E-state index in [2.05, 4.69) is 4.72 Å². The van der Waals surface area contributed by atoms with Crippen LogP contribution in [0.25, 0.3) is 0 Å². The molecule has 0 saturated carbocycles. The zero-order valence-corrected chi connectivity index (χ0v) is 18.9. The maximum atomic E-state index is 14.7. The van der Waals surface area contributed by atoms with E-state index < -0.39 is 58.4 Å². The number of non-ortho nitro benzene ring substituents is 1. The molecule has 0 spiro atoms. The van der Waals surface area contributed by atoms with Gasteiger partial charge in [-0.2, -0.15) is 5.26 Å². The molecule has 3 atom stereocenters. The minimum Gasteiger partial charge on any atom is -0.598 e. The van der Waals surface area contributed by atoms with Gasteiger partial charge in [-0.05, 0) is 47.1 Å². The van der Waals surface area contributed by atoms with E-state index in [9.17, 15) is 32.7 Å². The van der Waals surface area contributed by atoms with E-state index in [4.69, 9.17) is 0 Å². The molecule has 11 heteroatoms. The van der Waals surface area contributed by atoms with Gasteiger partial charge in [-0.3, -0.25) is 10.1 Å². The van der Waals surface area contributed by atoms with Gasteiger partial charge in [0.2, 0.25) is 0 Å². The number of benzene rings is 1. The quantitative estimate of drug-likeness (QED) is 0.367. The van der Waals surface area contributed by atoms with Gasteiger partial charge in [0, 0.05) is 29.1 Å². The fraction of sp³-hybridized carbons (Fsp3) is 0.611. The number of nitriles is 1. The Morgan fingerprint density at radius 3 is 2.24 bits per heavy atom. The molecule has 0 fully saturated rings. The van der Waals surface area contributed by atoms with Gasteiger partial charge in [0.05, 0.1) is 16.7 Å². The summed E-state index contributed by atoms with van der Waals surface area (Å²) in [5.74, 6) is -1.67. The third kappa shape index (κ3) is 5.45. The van der Waals surface area contributed by atoms with Crippen molar-refractivity contribution in [1.29, 1.82) is 5.26 Å². The van der Waals surface area contributed by atoms with Gasteiger partial charge < -0.3 is 4.55 Å². The van der Waals surface area contributed by atoms with Gasteiger partial charge in [0.25, 0.3) is 5.69 Å². The molecule has 0 amide bonds. The molecule has 0 aromatic heterocycles. The molecular formula is C18H26FN3O5S2. The van der Waals surface area contributed by atoms with Crippen molar-refractivity contribution >= 4 is 26.9 Å². The first-order chi connectivity index (χ1) is 13.0. The van der Waals surface area contributed by atoms with Crippen LogP contribution in [0.2, 0.25) is 0 Å². The molecule has 0 aliphatic heterocycles. The summed E-state index contributed by atoms with van der Waals surface area (Å²) in [7, 11) is -4.16. The van der Waals surface area contributed by atoms with E-state index in [0.29, 0.717) is 0 Å². The van der Waals surface area contributed by atoms with Crippen molar-refractivity contribution in [3.63, 3.8) is 0 Å². The first-order valence-corrected chi connectivity index (χ1v) is 11.6. The van der Waals surface area contributed by atoms with Crippen molar-refractivity contribution in [3.05, 3.63) is 39.7 Å². The SMILES string of the molecule is CCC(C)(C#N)S(=O)(=O)C[C@](C)(N[S@+]([O-])C(C)(C)C)c1cc([N+](=O)[O-])ccc1F. The third-order valence-corrected chi connectivity index (χ3v) is 9.16. The Hall–Kier alpha value is -1.74. The van der Waals surface area contributed by atoms with Crippen molar-refractivity contribution in [2.75, 3.05) is 5.75 Å². The minimum absolute atomic E-state index is 0.0122. The molecule has 1 aromatic rings. The fourth-order valence-electron chi connectivity index (χ4n) is 2.48. The summed E-state index contributed by atoms with van der Waals surface area (Å²) in [5, 5.41) is 20.5. The normalized spacial score (nSPS) is 17.6. The first kappa shape index (κ1) is 25.3. The summed E-state index contributed by atoms with van der Waals surface area (Å²) in [6.07, 6.45) is -0.0122. The summed E-state index contributed by atoms with van der Waals surface area (Å²) in [4.78, 5) is 10.4. The molecule has 0 radical (unpaired) electrons. The van der Waals surface area contributed by atoms with E-state index in [0.717, 1.165) is 18.2 Å². The number of nitrogens with one attached hydrogen (secondary N) is 1. The van der Waals surface area contributed by atoms with Crippen LogP contribution in [-0.2, 0) is 26.7 Å². The number of halogens is 1. The lowest BCUT2D eigenvalue weighted by Crippen LogP contribution is -2.55. The van der Waals surface area contributed by atoms with Crippen LogP contribution in [0.3, 0.4) is 0 Å². The van der Waals surface area contributed by atoms with Crippen LogP contribution in [0.15, 0.2) is 18.2 Å². The number of hydrogen-bond acceptors (Lipinski definition) is 7. The molecule has 0 heterocycles. The average Bonchev–Trinajstić information content (AvgIpc) is 2.59. The summed E-state index contributed by atoms with van der Waals surface area (Å²) < 4.78 is 53.6. The van der Waals surface area contributed by atoms with Crippen LogP contribution in [0.4, 0.5) is 10.1 Å². The number of nitrogens with zero attached hydrogens (tertiary/aromatic N) is 2. The van der Waals surface area contributed by atoms with Gasteiger partial charge >= 0.3 is 0 Å². The smallest absolute Gasteiger partial charge is 0.269 e. The lowest BCUT2D eigenvalue weighted by Gasteiger charge is -2.36. The van der Waals surface area contributed by atoms with Crippen molar-refractivity contribution in [2.24, 2.45) is 0 Å². The maximum absolute atomic E-state index is 14.7. The summed E-state index contributed by atoms with van der Waals surface area (Å²) in [5.41, 5.74) is -2.54. The fourth-order valence-corrected chi connectivity index (χ4v) is 5.35. The molecule has 0 aliphatic carbocycles. The van der Waals surface area contributed by atoms with Crippen LogP contribution in [-0.4, -0.2) is 33.1 Å². The lowest BCUT2D eigenvalue weighted by atomic mass is 9.94. The summed E-state index contributed by atoms with van der Waals surface area (Å²) in [6, 6.07) is 4.52. The summed E-state index contributed by atoms with van der Waals surface area (Å²) >= 11 is -1.83. The Balaban J connectivity index is 3.68. The van der Waals surface area contributed by atoms with Crippen LogP contribution in [0, 0.1) is 27.3 Å². The van der Waals surface area contributed by atoms with E-state index in [-0.39, 0.29) is 12.0 Å². The molecule has 0 bridgehead atoms. The topological polar surface area (TPSA) is 136 Å². The second-order valence-corrected chi connectivity index (χ2v) is 12.6. The molecule has 0 saturated heterocycles. The number of nitro groups is 1. The molecule has 8 nitrogen and oxygen atoms in total. The van der Waals surface area contributed by atoms with E-state index in [1.165, 1.54) is 20.8 Å². The highest BCUT2D eigenvalue weighted by atomic mass is 32.2. The average molecular weight is 448 g/mol. The highest BCUT2D eigenvalue weighted by molar-refractivity contribution is 7.93. The third-order valence-electron chi connectivity index (χ3n) is 4.71. The first-order valence-electron chi connectivity index (χ1n) is 8.80. The Kier molecular flexibility index (Phi) is 7.46. The van der Waals surface area contributed by atoms with E-state index in [1.807, 2.05) is 0 Å². The minimum atomic E-state index is -4.16. The zero-order chi connectivity index (χ0) is 22.8. The Morgan fingerprint density at radius 1 is 1.28 bits per heavy atom. The number of rotatable bonds is 8. The second-order valence-electron chi connectivity index (χ2n) is 8.19. The van der Waals surface area contributed by atoms with Crippen molar-refractivity contribution in [2.45, 2.75) is 63.0 Å². The summed E-state index contributed by atoms with van der Waals surface area (Å²) in [6.45, 7) is 9.02. The number of nitro benzene ring substituents is 1. The predicted octanol–water partition coefficient (Wildman–Crippen LogP) is 3.11. The van der Waals surface area contributed by atoms with Crippen molar-refractivity contribution in [1.82, 2.24) is 4.72 Å². The molecule has 1 rings (SSSR count). The predicted molar refractivity (Wildman–Crippen MR) is 110 cm³/mol. The van der Waals surface area contributed by atoms with Crippen LogP contribution >= 0.6 is 0 Å². The van der Waals surface area contributed by atoms with Gasteiger partial charge in [-0.1, -0.05) is 6.92 Å². The highest BCUT2D eigenvalue weighted by Gasteiger charge is 2.48. The maximum Gasteiger partial charge on any atom is 0.269 e. The standard InChI is InChI=1S/C18H26FN3O5S2/c1-7-17(5,11-20)29(26,27)12-18(6,21-28(25)16(2,3)4)14-10-13(22(23)24)8-9-15(14)19/h8-10,21H,7,12H2,1-6H3/t17?,18-,28+/m0/s1. The molecule has 0 aliphatic rings.